The summed E-state index contributed by atoms with van der Waals surface area (Å²) in [6.07, 6.45) is 2.35. The molecule has 4 rings (SSSR count). The lowest BCUT2D eigenvalue weighted by Gasteiger charge is -2.24. The Morgan fingerprint density at radius 1 is 1.03 bits per heavy atom. The zero-order chi connectivity index (χ0) is 22.1. The van der Waals surface area contributed by atoms with Crippen LogP contribution in [-0.2, 0) is 16.0 Å². The smallest absolute Gasteiger partial charge is 0.300 e. The Balaban J connectivity index is 1.85. The van der Waals surface area contributed by atoms with Crippen LogP contribution in [0.3, 0.4) is 0 Å². The van der Waals surface area contributed by atoms with Crippen molar-refractivity contribution >= 4 is 28.8 Å². The van der Waals surface area contributed by atoms with Crippen LogP contribution in [0, 0.1) is 0 Å². The molecule has 0 radical (unpaired) electrons. The monoisotopic (exact) mass is 416 g/mol. The minimum absolute atomic E-state index is 0.0147. The number of hydrogen-bond acceptors (Lipinski definition) is 5. The molecular weight excluding hydrogens is 392 g/mol. The first-order chi connectivity index (χ1) is 14.9. The second-order valence-electron chi connectivity index (χ2n) is 7.65. The van der Waals surface area contributed by atoms with Crippen LogP contribution in [0.5, 0.6) is 0 Å². The van der Waals surface area contributed by atoms with E-state index in [0.717, 1.165) is 17.7 Å². The first-order valence-electron chi connectivity index (χ1n) is 10.1. The summed E-state index contributed by atoms with van der Waals surface area (Å²) in [6, 6.07) is 17.2. The predicted molar refractivity (Wildman–Crippen MR) is 120 cm³/mol. The number of aryl methyl sites for hydroxylation is 1. The van der Waals surface area contributed by atoms with Crippen LogP contribution in [0.25, 0.3) is 5.76 Å². The quantitative estimate of drug-likeness (QED) is 0.376. The fraction of sp³-hybridized carbons (Fsp3) is 0.200. The zero-order valence-corrected chi connectivity index (χ0v) is 17.7. The molecule has 1 aromatic heterocycles. The van der Waals surface area contributed by atoms with Gasteiger partial charge in [-0.3, -0.25) is 14.5 Å². The van der Waals surface area contributed by atoms with Gasteiger partial charge in [-0.15, -0.1) is 0 Å². The van der Waals surface area contributed by atoms with Crippen LogP contribution in [0.2, 0.25) is 0 Å². The summed E-state index contributed by atoms with van der Waals surface area (Å²) in [5.74, 6) is -1.25. The van der Waals surface area contributed by atoms with Crippen molar-refractivity contribution in [2.24, 2.45) is 0 Å². The van der Waals surface area contributed by atoms with Gasteiger partial charge in [-0.2, -0.15) is 0 Å². The number of aliphatic hydroxyl groups excluding tert-OH is 1. The fourth-order valence-corrected chi connectivity index (χ4v) is 3.78. The molecule has 31 heavy (non-hydrogen) atoms. The summed E-state index contributed by atoms with van der Waals surface area (Å²) in [5, 5.41) is 11.1. The molecule has 1 amide bonds. The summed E-state index contributed by atoms with van der Waals surface area (Å²) in [4.78, 5) is 29.4. The number of furan rings is 1. The van der Waals surface area contributed by atoms with E-state index in [1.165, 1.54) is 11.2 Å². The van der Waals surface area contributed by atoms with Gasteiger partial charge in [0, 0.05) is 31.0 Å². The Labute approximate surface area is 181 Å². The predicted octanol–water partition coefficient (Wildman–Crippen LogP) is 4.53. The number of rotatable bonds is 5. The standard InChI is InChI=1S/C25H24N2O4/c1-4-16-7-9-17(10-8-16)23(28)21-22(20-6-5-15-31-20)27(25(30)24(21)29)19-13-11-18(12-14-19)26(2)3/h5-15,22,28H,4H2,1-3H3/b23-21-. The molecule has 6 nitrogen and oxygen atoms in total. The third-order valence-corrected chi connectivity index (χ3v) is 5.54. The molecule has 0 aliphatic carbocycles. The number of carbonyl (C=O) groups is 2. The van der Waals surface area contributed by atoms with Gasteiger partial charge < -0.3 is 14.4 Å². The van der Waals surface area contributed by atoms with E-state index in [0.29, 0.717) is 17.0 Å². The Bertz CT molecular complexity index is 1130. The lowest BCUT2D eigenvalue weighted by atomic mass is 9.98. The number of hydrogen-bond donors (Lipinski definition) is 1. The van der Waals surface area contributed by atoms with E-state index in [4.69, 9.17) is 4.42 Å². The molecule has 2 aromatic carbocycles. The molecule has 1 saturated heterocycles. The maximum atomic E-state index is 13.1. The molecule has 2 heterocycles. The summed E-state index contributed by atoms with van der Waals surface area (Å²) >= 11 is 0. The van der Waals surface area contributed by atoms with Gasteiger partial charge in [-0.05, 0) is 48.4 Å². The van der Waals surface area contributed by atoms with E-state index in [2.05, 4.69) is 0 Å². The third-order valence-electron chi connectivity index (χ3n) is 5.54. The molecule has 1 N–H and O–H groups in total. The van der Waals surface area contributed by atoms with Crippen molar-refractivity contribution in [3.63, 3.8) is 0 Å². The molecule has 3 aromatic rings. The van der Waals surface area contributed by atoms with Crippen molar-refractivity contribution in [2.75, 3.05) is 23.9 Å². The molecule has 0 saturated carbocycles. The SMILES string of the molecule is CCc1ccc(/C(O)=C2/C(=O)C(=O)N(c3ccc(N(C)C)cc3)C2c2ccco2)cc1. The maximum absolute atomic E-state index is 13.1. The Kier molecular flexibility index (Phi) is 5.38. The molecule has 1 aliphatic heterocycles. The summed E-state index contributed by atoms with van der Waals surface area (Å²) in [7, 11) is 3.85. The van der Waals surface area contributed by atoms with Crippen LogP contribution < -0.4 is 9.80 Å². The number of carbonyl (C=O) groups excluding carboxylic acids is 2. The number of ketones is 1. The number of Topliss-reactive ketones (excluding diaryl/α,β-unsaturated/α-hetero) is 1. The Morgan fingerprint density at radius 2 is 1.71 bits per heavy atom. The van der Waals surface area contributed by atoms with E-state index in [1.807, 2.05) is 50.2 Å². The number of benzene rings is 2. The highest BCUT2D eigenvalue weighted by molar-refractivity contribution is 6.51. The lowest BCUT2D eigenvalue weighted by molar-refractivity contribution is -0.132. The van der Waals surface area contributed by atoms with Gasteiger partial charge in [0.2, 0.25) is 0 Å². The van der Waals surface area contributed by atoms with Gasteiger partial charge in [0.25, 0.3) is 11.7 Å². The minimum Gasteiger partial charge on any atom is -0.507 e. The highest BCUT2D eigenvalue weighted by atomic mass is 16.3. The molecular formula is C25H24N2O4. The normalized spacial score (nSPS) is 17.9. The van der Waals surface area contributed by atoms with Gasteiger partial charge >= 0.3 is 0 Å². The zero-order valence-electron chi connectivity index (χ0n) is 17.7. The summed E-state index contributed by atoms with van der Waals surface area (Å²) < 4.78 is 5.58. The molecule has 6 heteroatoms. The van der Waals surface area contributed by atoms with Crippen molar-refractivity contribution in [3.8, 4) is 0 Å². The van der Waals surface area contributed by atoms with Crippen LogP contribution in [0.4, 0.5) is 11.4 Å². The van der Waals surface area contributed by atoms with Crippen molar-refractivity contribution in [2.45, 2.75) is 19.4 Å². The van der Waals surface area contributed by atoms with Gasteiger partial charge in [-0.25, -0.2) is 0 Å². The Hall–Kier alpha value is -3.80. The van der Waals surface area contributed by atoms with Crippen LogP contribution >= 0.6 is 0 Å². The Morgan fingerprint density at radius 3 is 2.26 bits per heavy atom. The molecule has 1 atom stereocenters. The maximum Gasteiger partial charge on any atom is 0.300 e. The lowest BCUT2D eigenvalue weighted by Crippen LogP contribution is -2.29. The third kappa shape index (κ3) is 3.61. The van der Waals surface area contributed by atoms with Crippen molar-refractivity contribution in [1.82, 2.24) is 0 Å². The second kappa shape index (κ2) is 8.14. The average molecular weight is 416 g/mol. The highest BCUT2D eigenvalue weighted by Gasteiger charge is 2.48. The van der Waals surface area contributed by atoms with E-state index in [-0.39, 0.29) is 11.3 Å². The van der Waals surface area contributed by atoms with Gasteiger partial charge in [0.05, 0.1) is 11.8 Å². The van der Waals surface area contributed by atoms with E-state index >= 15 is 0 Å². The first kappa shape index (κ1) is 20.5. The fourth-order valence-electron chi connectivity index (χ4n) is 3.78. The molecule has 1 aliphatic rings. The van der Waals surface area contributed by atoms with Crippen LogP contribution in [0.1, 0.15) is 29.9 Å². The van der Waals surface area contributed by atoms with Crippen LogP contribution in [0.15, 0.2) is 76.9 Å². The van der Waals surface area contributed by atoms with E-state index in [1.54, 1.807) is 36.4 Å². The molecule has 1 fully saturated rings. The van der Waals surface area contributed by atoms with Crippen molar-refractivity contribution in [3.05, 3.63) is 89.4 Å². The largest absolute Gasteiger partial charge is 0.507 e. The van der Waals surface area contributed by atoms with Gasteiger partial charge in [0.1, 0.15) is 17.6 Å². The summed E-state index contributed by atoms with van der Waals surface area (Å²) in [6.45, 7) is 2.04. The van der Waals surface area contributed by atoms with E-state index in [9.17, 15) is 14.7 Å². The number of amides is 1. The van der Waals surface area contributed by atoms with Crippen molar-refractivity contribution in [1.29, 1.82) is 0 Å². The second-order valence-corrected chi connectivity index (χ2v) is 7.65. The molecule has 0 bridgehead atoms. The average Bonchev–Trinajstić information content (AvgIpc) is 3.40. The van der Waals surface area contributed by atoms with Gasteiger partial charge in [0.15, 0.2) is 0 Å². The number of anilines is 2. The number of nitrogens with zero attached hydrogens (tertiary/aromatic N) is 2. The molecule has 0 spiro atoms. The summed E-state index contributed by atoms with van der Waals surface area (Å²) in [5.41, 5.74) is 3.12. The van der Waals surface area contributed by atoms with Crippen molar-refractivity contribution < 1.29 is 19.1 Å². The molecule has 158 valence electrons. The highest BCUT2D eigenvalue weighted by Crippen LogP contribution is 2.42. The van der Waals surface area contributed by atoms with E-state index < -0.39 is 17.7 Å². The molecule has 1 unspecified atom stereocenters. The van der Waals surface area contributed by atoms with Crippen LogP contribution in [-0.4, -0.2) is 30.9 Å². The van der Waals surface area contributed by atoms with Gasteiger partial charge in [-0.1, -0.05) is 31.2 Å². The topological polar surface area (TPSA) is 74.0 Å². The minimum atomic E-state index is -0.856. The number of aliphatic hydroxyl groups is 1. The first-order valence-corrected chi connectivity index (χ1v) is 10.1.